The van der Waals surface area contributed by atoms with Gasteiger partial charge in [0.2, 0.25) is 0 Å². The van der Waals surface area contributed by atoms with E-state index in [1.807, 2.05) is 0 Å². The summed E-state index contributed by atoms with van der Waals surface area (Å²) in [6, 6.07) is 0. The molecule has 0 heterocycles. The molecule has 0 saturated heterocycles. The average molecular weight is 167 g/mol. The van der Waals surface area contributed by atoms with Gasteiger partial charge in [0.1, 0.15) is 0 Å². The highest BCUT2D eigenvalue weighted by molar-refractivity contribution is 5.08. The molecule has 0 spiro atoms. The fraction of sp³-hybridized carbons (Fsp3) is 0.571. The molecule has 0 aliphatic carbocycles. The Morgan fingerprint density at radius 3 is 2.36 bits per heavy atom. The number of allylic oxidation sites excluding steroid dienone is 1. The molecule has 0 saturated carbocycles. The van der Waals surface area contributed by atoms with E-state index in [-0.39, 0.29) is 13.0 Å². The van der Waals surface area contributed by atoms with Crippen molar-refractivity contribution in [1.82, 2.24) is 0 Å². The summed E-state index contributed by atoms with van der Waals surface area (Å²) in [5.41, 5.74) is -0.568. The zero-order valence-electron chi connectivity index (χ0n) is 6.24. The van der Waals surface area contributed by atoms with Crippen molar-refractivity contribution < 1.29 is 17.9 Å². The number of halogens is 3. The average Bonchev–Trinajstić information content (AvgIpc) is 1.87. The Morgan fingerprint density at radius 2 is 2.09 bits per heavy atom. The minimum atomic E-state index is -4.23. The monoisotopic (exact) mass is 167 g/mol. The summed E-state index contributed by atoms with van der Waals surface area (Å²) in [4.78, 5) is 0. The van der Waals surface area contributed by atoms with E-state index in [1.165, 1.54) is 6.92 Å². The third-order valence-electron chi connectivity index (χ3n) is 1.19. The Hall–Kier alpha value is -0.510. The topological polar surface area (TPSA) is 9.23 Å². The maximum atomic E-state index is 11.9. The minimum Gasteiger partial charge on any atom is -0.375 e. The first-order chi connectivity index (χ1) is 5.02. The van der Waals surface area contributed by atoms with Crippen LogP contribution in [0.15, 0.2) is 11.6 Å². The fourth-order valence-electron chi connectivity index (χ4n) is 0.620. The van der Waals surface area contributed by atoms with E-state index in [0.29, 0.717) is 0 Å². The molecule has 0 aromatic heterocycles. The standard InChI is InChI=1S/C7H10F3O/c1-3-6(4-5-11-2)7(8,9)10/h4H,2-3,5H2,1H3. The lowest BCUT2D eigenvalue weighted by molar-refractivity contribution is -0.0940. The molecule has 1 nitrogen and oxygen atoms in total. The van der Waals surface area contributed by atoms with Crippen LogP contribution in [0.4, 0.5) is 13.2 Å². The first-order valence-corrected chi connectivity index (χ1v) is 3.15. The van der Waals surface area contributed by atoms with Crippen LogP contribution in [0.2, 0.25) is 0 Å². The zero-order valence-corrected chi connectivity index (χ0v) is 6.24. The molecular formula is C7H10F3O. The van der Waals surface area contributed by atoms with Crippen molar-refractivity contribution in [2.24, 2.45) is 0 Å². The van der Waals surface area contributed by atoms with Crippen LogP contribution in [-0.2, 0) is 4.74 Å². The molecule has 0 atom stereocenters. The van der Waals surface area contributed by atoms with Crippen molar-refractivity contribution in [3.63, 3.8) is 0 Å². The molecule has 0 N–H and O–H groups in total. The molecule has 0 fully saturated rings. The van der Waals surface area contributed by atoms with Crippen LogP contribution < -0.4 is 0 Å². The van der Waals surface area contributed by atoms with Gasteiger partial charge in [0.25, 0.3) is 0 Å². The normalized spacial score (nSPS) is 13.7. The van der Waals surface area contributed by atoms with Crippen molar-refractivity contribution in [1.29, 1.82) is 0 Å². The van der Waals surface area contributed by atoms with Crippen LogP contribution >= 0.6 is 0 Å². The van der Waals surface area contributed by atoms with Crippen LogP contribution in [0.5, 0.6) is 0 Å². The summed E-state index contributed by atoms with van der Waals surface area (Å²) < 4.78 is 39.9. The van der Waals surface area contributed by atoms with E-state index >= 15 is 0 Å². The van der Waals surface area contributed by atoms with E-state index in [0.717, 1.165) is 6.08 Å². The molecule has 0 aromatic carbocycles. The summed E-state index contributed by atoms with van der Waals surface area (Å²) in [6.45, 7) is 1.35. The molecule has 0 amide bonds. The lowest BCUT2D eigenvalue weighted by atomic mass is 10.2. The van der Waals surface area contributed by atoms with E-state index < -0.39 is 11.7 Å². The van der Waals surface area contributed by atoms with Crippen LogP contribution in [-0.4, -0.2) is 12.8 Å². The summed E-state index contributed by atoms with van der Waals surface area (Å²) in [5.74, 6) is 0. The van der Waals surface area contributed by atoms with Gasteiger partial charge < -0.3 is 4.74 Å². The van der Waals surface area contributed by atoms with Gasteiger partial charge in [-0.15, -0.1) is 0 Å². The number of ether oxygens (including phenoxy) is 1. The van der Waals surface area contributed by atoms with Crippen molar-refractivity contribution in [2.45, 2.75) is 19.5 Å². The van der Waals surface area contributed by atoms with E-state index in [2.05, 4.69) is 11.8 Å². The van der Waals surface area contributed by atoms with Gasteiger partial charge in [0.15, 0.2) is 0 Å². The molecule has 0 bridgehead atoms. The Morgan fingerprint density at radius 1 is 1.55 bits per heavy atom. The molecule has 0 aromatic rings. The lowest BCUT2D eigenvalue weighted by Crippen LogP contribution is -2.11. The quantitative estimate of drug-likeness (QED) is 0.587. The van der Waals surface area contributed by atoms with Crippen LogP contribution in [0.1, 0.15) is 13.3 Å². The number of alkyl halides is 3. The fourth-order valence-corrected chi connectivity index (χ4v) is 0.620. The number of hydrogen-bond acceptors (Lipinski definition) is 1. The minimum absolute atomic E-state index is 0.0349. The molecule has 0 aliphatic heterocycles. The van der Waals surface area contributed by atoms with E-state index in [4.69, 9.17) is 0 Å². The van der Waals surface area contributed by atoms with Gasteiger partial charge in [0, 0.05) is 5.57 Å². The largest absolute Gasteiger partial charge is 0.412 e. The van der Waals surface area contributed by atoms with Crippen molar-refractivity contribution >= 4 is 0 Å². The summed E-state index contributed by atoms with van der Waals surface area (Å²) in [6.07, 6.45) is -3.27. The predicted octanol–water partition coefficient (Wildman–Crippen LogP) is 2.69. The van der Waals surface area contributed by atoms with Crippen LogP contribution in [0.25, 0.3) is 0 Å². The van der Waals surface area contributed by atoms with Crippen molar-refractivity contribution in [3.05, 3.63) is 18.8 Å². The molecule has 0 rings (SSSR count). The lowest BCUT2D eigenvalue weighted by Gasteiger charge is -2.08. The zero-order chi connectivity index (χ0) is 8.91. The van der Waals surface area contributed by atoms with Gasteiger partial charge in [-0.25, -0.2) is 0 Å². The molecule has 65 valence electrons. The van der Waals surface area contributed by atoms with Gasteiger partial charge in [-0.05, 0) is 6.42 Å². The first kappa shape index (κ1) is 10.5. The molecule has 4 heteroatoms. The molecule has 11 heavy (non-hydrogen) atoms. The number of hydrogen-bond donors (Lipinski definition) is 0. The second kappa shape index (κ2) is 4.38. The smallest absolute Gasteiger partial charge is 0.375 e. The Balaban J connectivity index is 4.16. The third-order valence-corrected chi connectivity index (χ3v) is 1.19. The maximum absolute atomic E-state index is 11.9. The van der Waals surface area contributed by atoms with Crippen molar-refractivity contribution in [3.8, 4) is 0 Å². The SMILES string of the molecule is [CH2]OCC=C(CC)C(F)(F)F. The van der Waals surface area contributed by atoms with Gasteiger partial charge in [-0.2, -0.15) is 13.2 Å². The van der Waals surface area contributed by atoms with Crippen LogP contribution in [0, 0.1) is 7.11 Å². The van der Waals surface area contributed by atoms with Crippen LogP contribution in [0.3, 0.4) is 0 Å². The molecular weight excluding hydrogens is 157 g/mol. The predicted molar refractivity (Wildman–Crippen MR) is 35.7 cm³/mol. The van der Waals surface area contributed by atoms with Gasteiger partial charge in [-0.3, -0.25) is 0 Å². The highest BCUT2D eigenvalue weighted by atomic mass is 19.4. The van der Waals surface area contributed by atoms with Gasteiger partial charge >= 0.3 is 6.18 Å². The Labute approximate surface area is 63.8 Å². The first-order valence-electron chi connectivity index (χ1n) is 3.15. The highest BCUT2D eigenvalue weighted by Gasteiger charge is 2.31. The van der Waals surface area contributed by atoms with E-state index in [1.54, 1.807) is 0 Å². The molecule has 0 unspecified atom stereocenters. The second-order valence-electron chi connectivity index (χ2n) is 1.95. The Kier molecular flexibility index (Phi) is 4.18. The summed E-state index contributed by atoms with van der Waals surface area (Å²) in [7, 11) is 2.96. The van der Waals surface area contributed by atoms with Gasteiger partial charge in [-0.1, -0.05) is 13.0 Å². The Bertz CT molecular complexity index is 137. The highest BCUT2D eigenvalue weighted by Crippen LogP contribution is 2.27. The summed E-state index contributed by atoms with van der Waals surface area (Å²) in [5, 5.41) is 0. The van der Waals surface area contributed by atoms with Gasteiger partial charge in [0.05, 0.1) is 13.7 Å². The number of rotatable bonds is 3. The summed E-state index contributed by atoms with van der Waals surface area (Å²) >= 11 is 0. The maximum Gasteiger partial charge on any atom is 0.412 e. The molecule has 0 aliphatic rings. The molecule has 1 radical (unpaired) electrons. The van der Waals surface area contributed by atoms with Crippen molar-refractivity contribution in [2.75, 3.05) is 6.61 Å². The van der Waals surface area contributed by atoms with E-state index in [9.17, 15) is 13.2 Å². The second-order valence-corrected chi connectivity index (χ2v) is 1.95. The third kappa shape index (κ3) is 4.03.